The molecule has 6 nitrogen and oxygen atoms in total. The molecule has 140 valence electrons. The number of hydrogen-bond donors (Lipinski definition) is 2. The van der Waals surface area contributed by atoms with Crippen LogP contribution in [0.5, 0.6) is 5.88 Å². The standard InChI is InChI=1S/C22H20N4O2/c1-2-26-19-10-6-5-9-18(19)21(22(26)28)25-24-20(27)14-23-17-12-11-15-7-3-4-8-16(15)13-17/h3-13,23,28H,2,14H2,1H3. The predicted molar refractivity (Wildman–Crippen MR) is 111 cm³/mol. The molecule has 4 aromatic rings. The van der Waals surface area contributed by atoms with Crippen LogP contribution in [0.4, 0.5) is 11.4 Å². The van der Waals surface area contributed by atoms with Gasteiger partial charge < -0.3 is 15.0 Å². The minimum Gasteiger partial charge on any atom is -0.493 e. The van der Waals surface area contributed by atoms with E-state index in [2.05, 4.69) is 15.5 Å². The van der Waals surface area contributed by atoms with Crippen molar-refractivity contribution >= 4 is 39.0 Å². The Hall–Kier alpha value is -3.67. The van der Waals surface area contributed by atoms with Crippen LogP contribution in [0.3, 0.4) is 0 Å². The van der Waals surface area contributed by atoms with Gasteiger partial charge in [0.2, 0.25) is 5.88 Å². The van der Waals surface area contributed by atoms with Crippen molar-refractivity contribution in [1.82, 2.24) is 4.57 Å². The Morgan fingerprint density at radius 1 is 1.04 bits per heavy atom. The number of azo groups is 1. The Labute approximate surface area is 162 Å². The number of benzene rings is 3. The van der Waals surface area contributed by atoms with Crippen LogP contribution < -0.4 is 5.32 Å². The summed E-state index contributed by atoms with van der Waals surface area (Å²) in [5.74, 6) is -0.399. The van der Waals surface area contributed by atoms with Crippen molar-refractivity contribution in [3.63, 3.8) is 0 Å². The van der Waals surface area contributed by atoms with Gasteiger partial charge in [-0.05, 0) is 35.9 Å². The molecule has 1 heterocycles. The van der Waals surface area contributed by atoms with E-state index in [9.17, 15) is 9.90 Å². The van der Waals surface area contributed by atoms with E-state index in [1.165, 1.54) is 0 Å². The van der Waals surface area contributed by atoms with Crippen LogP contribution in [-0.2, 0) is 11.3 Å². The van der Waals surface area contributed by atoms with Gasteiger partial charge in [-0.1, -0.05) is 48.5 Å². The number of amides is 1. The zero-order chi connectivity index (χ0) is 19.5. The van der Waals surface area contributed by atoms with E-state index in [0.29, 0.717) is 12.2 Å². The van der Waals surface area contributed by atoms with Gasteiger partial charge in [-0.25, -0.2) is 0 Å². The zero-order valence-electron chi connectivity index (χ0n) is 15.5. The highest BCUT2D eigenvalue weighted by Crippen LogP contribution is 2.38. The Bertz CT molecular complexity index is 1190. The van der Waals surface area contributed by atoms with Crippen LogP contribution >= 0.6 is 0 Å². The van der Waals surface area contributed by atoms with Gasteiger partial charge in [0.05, 0.1) is 12.1 Å². The van der Waals surface area contributed by atoms with Crippen molar-refractivity contribution in [1.29, 1.82) is 0 Å². The minimum atomic E-state index is -0.416. The first kappa shape index (κ1) is 17.7. The van der Waals surface area contributed by atoms with Gasteiger partial charge in [0, 0.05) is 17.6 Å². The number of aryl methyl sites for hydroxylation is 1. The summed E-state index contributed by atoms with van der Waals surface area (Å²) >= 11 is 0. The fourth-order valence-electron chi connectivity index (χ4n) is 3.31. The molecular formula is C22H20N4O2. The molecular weight excluding hydrogens is 352 g/mol. The molecule has 28 heavy (non-hydrogen) atoms. The lowest BCUT2D eigenvalue weighted by molar-refractivity contribution is -0.116. The second-order valence-corrected chi connectivity index (χ2v) is 6.44. The molecule has 0 aliphatic rings. The largest absolute Gasteiger partial charge is 0.493 e. The normalized spacial score (nSPS) is 11.5. The lowest BCUT2D eigenvalue weighted by Crippen LogP contribution is -2.10. The third-order valence-corrected chi connectivity index (χ3v) is 4.69. The van der Waals surface area contributed by atoms with Gasteiger partial charge >= 0.3 is 0 Å². The molecule has 0 aliphatic carbocycles. The van der Waals surface area contributed by atoms with Crippen molar-refractivity contribution in [3.05, 3.63) is 66.7 Å². The van der Waals surface area contributed by atoms with E-state index < -0.39 is 5.91 Å². The van der Waals surface area contributed by atoms with Crippen LogP contribution in [0.25, 0.3) is 21.7 Å². The van der Waals surface area contributed by atoms with E-state index in [-0.39, 0.29) is 12.4 Å². The number of anilines is 1. The van der Waals surface area contributed by atoms with Gasteiger partial charge in [0.25, 0.3) is 5.91 Å². The number of aromatic nitrogens is 1. The summed E-state index contributed by atoms with van der Waals surface area (Å²) in [5.41, 5.74) is 2.02. The summed E-state index contributed by atoms with van der Waals surface area (Å²) < 4.78 is 1.74. The summed E-state index contributed by atoms with van der Waals surface area (Å²) in [4.78, 5) is 12.2. The van der Waals surface area contributed by atoms with Crippen molar-refractivity contribution in [2.75, 3.05) is 11.9 Å². The third-order valence-electron chi connectivity index (χ3n) is 4.69. The minimum absolute atomic E-state index is 0.0164. The monoisotopic (exact) mass is 372 g/mol. The summed E-state index contributed by atoms with van der Waals surface area (Å²) in [7, 11) is 0. The predicted octanol–water partition coefficient (Wildman–Crippen LogP) is 5.24. The number of nitrogens with zero attached hydrogens (tertiary/aromatic N) is 3. The fraction of sp³-hybridized carbons (Fsp3) is 0.136. The molecule has 0 saturated heterocycles. The van der Waals surface area contributed by atoms with E-state index in [1.807, 2.05) is 73.7 Å². The lowest BCUT2D eigenvalue weighted by atomic mass is 10.1. The summed E-state index contributed by atoms with van der Waals surface area (Å²) in [6, 6.07) is 21.5. The van der Waals surface area contributed by atoms with Gasteiger partial charge in [0.15, 0.2) is 5.69 Å². The number of nitrogens with one attached hydrogen (secondary N) is 1. The van der Waals surface area contributed by atoms with E-state index >= 15 is 0 Å². The topological polar surface area (TPSA) is 79.0 Å². The number of fused-ring (bicyclic) bond motifs is 2. The van der Waals surface area contributed by atoms with Crippen molar-refractivity contribution in [3.8, 4) is 5.88 Å². The molecule has 1 amide bonds. The van der Waals surface area contributed by atoms with Crippen molar-refractivity contribution < 1.29 is 9.90 Å². The molecule has 0 fully saturated rings. The van der Waals surface area contributed by atoms with Crippen molar-refractivity contribution in [2.24, 2.45) is 10.2 Å². The fourth-order valence-corrected chi connectivity index (χ4v) is 3.31. The molecule has 0 unspecified atom stereocenters. The van der Waals surface area contributed by atoms with Crippen LogP contribution in [0.1, 0.15) is 6.92 Å². The first-order valence-electron chi connectivity index (χ1n) is 9.15. The third kappa shape index (κ3) is 3.32. The molecule has 6 heteroatoms. The summed E-state index contributed by atoms with van der Waals surface area (Å²) in [6.07, 6.45) is 0. The average molecular weight is 372 g/mol. The number of carbonyl (C=O) groups is 1. The highest BCUT2D eigenvalue weighted by Gasteiger charge is 2.15. The Balaban J connectivity index is 1.50. The molecule has 2 N–H and O–H groups in total. The highest BCUT2D eigenvalue weighted by molar-refractivity contribution is 5.95. The van der Waals surface area contributed by atoms with Gasteiger partial charge in [-0.15, -0.1) is 10.2 Å². The highest BCUT2D eigenvalue weighted by atomic mass is 16.3. The molecule has 0 saturated carbocycles. The van der Waals surface area contributed by atoms with E-state index in [4.69, 9.17) is 0 Å². The first-order chi connectivity index (χ1) is 13.7. The van der Waals surface area contributed by atoms with Crippen LogP contribution in [-0.4, -0.2) is 22.1 Å². The summed E-state index contributed by atoms with van der Waals surface area (Å²) in [6.45, 7) is 2.56. The van der Waals surface area contributed by atoms with Gasteiger partial charge in [-0.2, -0.15) is 0 Å². The summed E-state index contributed by atoms with van der Waals surface area (Å²) in [5, 5.41) is 24.3. The number of aromatic hydroxyl groups is 1. The van der Waals surface area contributed by atoms with Crippen LogP contribution in [0.15, 0.2) is 77.0 Å². The molecule has 0 aliphatic heterocycles. The molecule has 0 radical (unpaired) electrons. The molecule has 3 aromatic carbocycles. The van der Waals surface area contributed by atoms with E-state index in [1.54, 1.807) is 4.57 Å². The maximum Gasteiger partial charge on any atom is 0.283 e. The zero-order valence-corrected chi connectivity index (χ0v) is 15.5. The smallest absolute Gasteiger partial charge is 0.283 e. The second-order valence-electron chi connectivity index (χ2n) is 6.44. The maximum absolute atomic E-state index is 12.2. The molecule has 4 rings (SSSR count). The number of para-hydroxylation sites is 1. The van der Waals surface area contributed by atoms with Crippen LogP contribution in [0.2, 0.25) is 0 Å². The van der Waals surface area contributed by atoms with Gasteiger partial charge in [0.1, 0.15) is 0 Å². The first-order valence-corrected chi connectivity index (χ1v) is 9.15. The van der Waals surface area contributed by atoms with Gasteiger partial charge in [-0.3, -0.25) is 4.79 Å². The second kappa shape index (κ2) is 7.52. The van der Waals surface area contributed by atoms with E-state index in [0.717, 1.165) is 27.4 Å². The molecule has 1 aromatic heterocycles. The lowest BCUT2D eigenvalue weighted by Gasteiger charge is -2.05. The maximum atomic E-state index is 12.2. The Kier molecular flexibility index (Phi) is 4.76. The van der Waals surface area contributed by atoms with Crippen LogP contribution in [0, 0.1) is 0 Å². The van der Waals surface area contributed by atoms with Crippen molar-refractivity contribution in [2.45, 2.75) is 13.5 Å². The Morgan fingerprint density at radius 3 is 2.61 bits per heavy atom. The molecule has 0 bridgehead atoms. The average Bonchev–Trinajstić information content (AvgIpc) is 3.01. The number of rotatable bonds is 5. The molecule has 0 spiro atoms. The SMILES string of the molecule is CCn1c(O)c(N=NC(=O)CNc2ccc3ccccc3c2)c2ccccc21. The quantitative estimate of drug-likeness (QED) is 0.470. The number of hydrogen-bond acceptors (Lipinski definition) is 4. The Morgan fingerprint density at radius 2 is 1.79 bits per heavy atom. The number of carbonyl (C=O) groups excluding carboxylic acids is 1. The molecule has 0 atom stereocenters.